The van der Waals surface area contributed by atoms with E-state index >= 15 is 0 Å². The summed E-state index contributed by atoms with van der Waals surface area (Å²) in [7, 11) is 5.43. The third kappa shape index (κ3) is 4.85. The first-order valence-corrected chi connectivity index (χ1v) is 9.85. The summed E-state index contributed by atoms with van der Waals surface area (Å²) in [5.41, 5.74) is 2.84. The van der Waals surface area contributed by atoms with Crippen LogP contribution in [0.2, 0.25) is 0 Å². The predicted octanol–water partition coefficient (Wildman–Crippen LogP) is 2.67. The molecule has 2 N–H and O–H groups in total. The second-order valence-corrected chi connectivity index (χ2v) is 7.21. The summed E-state index contributed by atoms with van der Waals surface area (Å²) < 4.78 is 11.4. The molecule has 0 radical (unpaired) electrons. The van der Waals surface area contributed by atoms with Crippen molar-refractivity contribution in [3.63, 3.8) is 0 Å². The SMILES string of the molecule is COc1cc(N2CCN(C)CC2)cc(OC)c1-c1cc(Nc2cnc(C#N)cn2)n[nH]1.Cl. The first kappa shape index (κ1) is 23.1. The molecule has 2 aromatic heterocycles. The van der Waals surface area contributed by atoms with Crippen LogP contribution in [0.4, 0.5) is 17.3 Å². The number of methoxy groups -OCH3 is 2. The molecule has 1 saturated heterocycles. The van der Waals surface area contributed by atoms with E-state index in [-0.39, 0.29) is 18.1 Å². The van der Waals surface area contributed by atoms with Crippen LogP contribution in [-0.4, -0.2) is 72.5 Å². The van der Waals surface area contributed by atoms with Gasteiger partial charge in [0.25, 0.3) is 0 Å². The minimum Gasteiger partial charge on any atom is -0.496 e. The molecule has 3 heterocycles. The Morgan fingerprint density at radius 1 is 1.00 bits per heavy atom. The summed E-state index contributed by atoms with van der Waals surface area (Å²) in [6.07, 6.45) is 2.89. The van der Waals surface area contributed by atoms with E-state index in [1.54, 1.807) is 14.2 Å². The van der Waals surface area contributed by atoms with Crippen molar-refractivity contribution in [3.8, 4) is 28.8 Å². The van der Waals surface area contributed by atoms with Gasteiger partial charge in [-0.25, -0.2) is 9.97 Å². The lowest BCUT2D eigenvalue weighted by molar-refractivity contribution is 0.312. The number of benzene rings is 1. The summed E-state index contributed by atoms with van der Waals surface area (Å²) >= 11 is 0. The average Bonchev–Trinajstić information content (AvgIpc) is 3.27. The van der Waals surface area contributed by atoms with E-state index in [0.29, 0.717) is 23.1 Å². The number of hydrogen-bond acceptors (Lipinski definition) is 9. The summed E-state index contributed by atoms with van der Waals surface area (Å²) in [4.78, 5) is 12.8. The van der Waals surface area contributed by atoms with Crippen LogP contribution >= 0.6 is 12.4 Å². The summed E-state index contributed by atoms with van der Waals surface area (Å²) in [5, 5.41) is 19.2. The van der Waals surface area contributed by atoms with Crippen molar-refractivity contribution in [3.05, 3.63) is 36.3 Å². The molecule has 11 heteroatoms. The van der Waals surface area contributed by atoms with E-state index in [4.69, 9.17) is 14.7 Å². The highest BCUT2D eigenvalue weighted by Gasteiger charge is 2.21. The Morgan fingerprint density at radius 2 is 1.69 bits per heavy atom. The number of piperazine rings is 1. The number of likely N-dealkylation sites (N-methyl/N-ethyl adjacent to an activating group) is 1. The number of halogens is 1. The van der Waals surface area contributed by atoms with Gasteiger partial charge in [-0.1, -0.05) is 0 Å². The number of nitrogens with zero attached hydrogens (tertiary/aromatic N) is 6. The van der Waals surface area contributed by atoms with Gasteiger partial charge in [-0.3, -0.25) is 5.10 Å². The van der Waals surface area contributed by atoms with Crippen LogP contribution in [0.15, 0.2) is 30.6 Å². The molecule has 0 saturated carbocycles. The highest BCUT2D eigenvalue weighted by Crippen LogP contribution is 2.42. The van der Waals surface area contributed by atoms with Gasteiger partial charge in [-0.2, -0.15) is 10.4 Å². The molecule has 0 atom stereocenters. The second kappa shape index (κ2) is 10.2. The molecule has 1 fully saturated rings. The van der Waals surface area contributed by atoms with Crippen LogP contribution in [0.25, 0.3) is 11.3 Å². The van der Waals surface area contributed by atoms with Gasteiger partial charge in [0.15, 0.2) is 11.5 Å². The lowest BCUT2D eigenvalue weighted by Gasteiger charge is -2.34. The summed E-state index contributed by atoms with van der Waals surface area (Å²) in [6.45, 7) is 3.93. The van der Waals surface area contributed by atoms with Crippen molar-refractivity contribution in [1.82, 2.24) is 25.1 Å². The number of nitriles is 1. The Labute approximate surface area is 192 Å². The molecule has 32 heavy (non-hydrogen) atoms. The smallest absolute Gasteiger partial charge is 0.158 e. The molecule has 1 aromatic carbocycles. The zero-order valence-corrected chi connectivity index (χ0v) is 18.9. The molecule has 168 valence electrons. The van der Waals surface area contributed by atoms with E-state index in [2.05, 4.69) is 42.3 Å². The minimum absolute atomic E-state index is 0. The normalized spacial score (nSPS) is 13.8. The second-order valence-electron chi connectivity index (χ2n) is 7.21. The van der Waals surface area contributed by atoms with Crippen LogP contribution < -0.4 is 19.7 Å². The zero-order valence-electron chi connectivity index (χ0n) is 18.1. The molecule has 3 aromatic rings. The quantitative estimate of drug-likeness (QED) is 0.577. The van der Waals surface area contributed by atoms with Crippen LogP contribution in [0.3, 0.4) is 0 Å². The van der Waals surface area contributed by atoms with Crippen LogP contribution in [0.5, 0.6) is 11.5 Å². The molecule has 0 unspecified atom stereocenters. The molecular weight excluding hydrogens is 432 g/mol. The molecule has 0 aliphatic carbocycles. The monoisotopic (exact) mass is 456 g/mol. The predicted molar refractivity (Wildman–Crippen MR) is 124 cm³/mol. The van der Waals surface area contributed by atoms with E-state index in [9.17, 15) is 0 Å². The van der Waals surface area contributed by atoms with Crippen LogP contribution in [0.1, 0.15) is 5.69 Å². The van der Waals surface area contributed by atoms with E-state index in [1.165, 1.54) is 12.4 Å². The lowest BCUT2D eigenvalue weighted by atomic mass is 10.1. The molecule has 1 aliphatic rings. The van der Waals surface area contributed by atoms with Gasteiger partial charge in [0, 0.05) is 50.1 Å². The number of aromatic amines is 1. The molecule has 0 amide bonds. The molecular formula is C21H25ClN8O2. The lowest BCUT2D eigenvalue weighted by Crippen LogP contribution is -2.44. The molecule has 0 spiro atoms. The largest absolute Gasteiger partial charge is 0.496 e. The number of aromatic nitrogens is 4. The average molecular weight is 457 g/mol. The van der Waals surface area contributed by atoms with E-state index in [0.717, 1.165) is 43.1 Å². The number of ether oxygens (including phenoxy) is 2. The third-order valence-electron chi connectivity index (χ3n) is 5.23. The van der Waals surface area contributed by atoms with Crippen molar-refractivity contribution in [1.29, 1.82) is 5.26 Å². The standard InChI is InChI=1S/C21H24N8O2.ClH/c1-28-4-6-29(7-5-28)15-8-17(30-2)21(18(9-15)31-3)16-10-19(27-26-16)25-20-13-23-14(11-22)12-24-20;/h8-10,12-13H,4-7H2,1-3H3,(H2,24,25,26,27);1H. The van der Waals surface area contributed by atoms with Gasteiger partial charge >= 0.3 is 0 Å². The number of H-pyrrole nitrogens is 1. The van der Waals surface area contributed by atoms with Gasteiger partial charge in [0.2, 0.25) is 0 Å². The maximum Gasteiger partial charge on any atom is 0.158 e. The van der Waals surface area contributed by atoms with Crippen molar-refractivity contribution in [2.45, 2.75) is 0 Å². The maximum atomic E-state index is 8.84. The Balaban J connectivity index is 0.00000289. The zero-order chi connectivity index (χ0) is 21.8. The fraction of sp³-hybridized carbons (Fsp3) is 0.333. The van der Waals surface area contributed by atoms with Crippen molar-refractivity contribution in [2.24, 2.45) is 0 Å². The van der Waals surface area contributed by atoms with Crippen molar-refractivity contribution < 1.29 is 9.47 Å². The number of nitrogens with one attached hydrogen (secondary N) is 2. The van der Waals surface area contributed by atoms with Gasteiger partial charge in [-0.15, -0.1) is 12.4 Å². The van der Waals surface area contributed by atoms with Gasteiger partial charge in [-0.05, 0) is 7.05 Å². The van der Waals surface area contributed by atoms with Crippen molar-refractivity contribution >= 4 is 29.7 Å². The fourth-order valence-corrected chi connectivity index (χ4v) is 3.51. The summed E-state index contributed by atoms with van der Waals surface area (Å²) in [6, 6.07) is 7.85. The topological polar surface area (TPSA) is 115 Å². The number of rotatable bonds is 6. The maximum absolute atomic E-state index is 8.84. The Hall–Kier alpha value is -3.55. The minimum atomic E-state index is 0. The number of hydrogen-bond donors (Lipinski definition) is 2. The third-order valence-corrected chi connectivity index (χ3v) is 5.23. The van der Waals surface area contributed by atoms with Crippen molar-refractivity contribution in [2.75, 3.05) is 57.7 Å². The molecule has 0 bridgehead atoms. The first-order chi connectivity index (χ1) is 15.1. The highest BCUT2D eigenvalue weighted by atomic mass is 35.5. The first-order valence-electron chi connectivity index (χ1n) is 9.85. The van der Waals surface area contributed by atoms with Gasteiger partial charge in [0.1, 0.15) is 23.4 Å². The molecule has 10 nitrogen and oxygen atoms in total. The van der Waals surface area contributed by atoms with Crippen LogP contribution in [-0.2, 0) is 0 Å². The Bertz CT molecular complexity index is 1060. The van der Waals surface area contributed by atoms with E-state index in [1.807, 2.05) is 24.3 Å². The van der Waals surface area contributed by atoms with Gasteiger partial charge in [0.05, 0.1) is 37.9 Å². The number of anilines is 3. The molecule has 1 aliphatic heterocycles. The van der Waals surface area contributed by atoms with E-state index < -0.39 is 0 Å². The highest BCUT2D eigenvalue weighted by molar-refractivity contribution is 5.85. The van der Waals surface area contributed by atoms with Crippen LogP contribution in [0, 0.1) is 11.3 Å². The molecule has 4 rings (SSSR count). The fourth-order valence-electron chi connectivity index (χ4n) is 3.51. The summed E-state index contributed by atoms with van der Waals surface area (Å²) in [5.74, 6) is 2.44. The Morgan fingerprint density at radius 3 is 2.25 bits per heavy atom. The Kier molecular flexibility index (Phi) is 7.35. The van der Waals surface area contributed by atoms with Gasteiger partial charge < -0.3 is 24.6 Å².